The number of halogens is 4. The Labute approximate surface area is 229 Å². The van der Waals surface area contributed by atoms with Gasteiger partial charge in [-0.3, -0.25) is 14.5 Å². The molecule has 3 aromatic rings. The molecule has 3 atom stereocenters. The molecular formula is C30H30F4N4O2. The zero-order valence-corrected chi connectivity index (χ0v) is 21.7. The summed E-state index contributed by atoms with van der Waals surface area (Å²) in [5, 5.41) is 8.54. The van der Waals surface area contributed by atoms with Crippen LogP contribution in [0.5, 0.6) is 0 Å². The Balaban J connectivity index is 1.14. The number of anilines is 2. The number of rotatable bonds is 8. The molecular weight excluding hydrogens is 524 g/mol. The van der Waals surface area contributed by atoms with Crippen molar-refractivity contribution in [3.63, 3.8) is 0 Å². The third-order valence-corrected chi connectivity index (χ3v) is 7.58. The maximum atomic E-state index is 13.3. The van der Waals surface area contributed by atoms with Gasteiger partial charge in [0.2, 0.25) is 5.91 Å². The molecule has 0 aliphatic carbocycles. The third kappa shape index (κ3) is 6.62. The summed E-state index contributed by atoms with van der Waals surface area (Å²) in [6.07, 6.45) is -0.780. The summed E-state index contributed by atoms with van der Waals surface area (Å²) in [4.78, 5) is 28.0. The van der Waals surface area contributed by atoms with Crippen LogP contribution in [-0.4, -0.2) is 41.4 Å². The highest BCUT2D eigenvalue weighted by molar-refractivity contribution is 6.01. The Morgan fingerprint density at radius 2 is 1.60 bits per heavy atom. The quantitative estimate of drug-likeness (QED) is 0.316. The monoisotopic (exact) mass is 554 g/mol. The van der Waals surface area contributed by atoms with E-state index in [0.717, 1.165) is 49.9 Å². The van der Waals surface area contributed by atoms with Gasteiger partial charge >= 0.3 is 6.18 Å². The smallest absolute Gasteiger partial charge is 0.355 e. The standard InChI is InChI=1S/C30H30F4N4O2/c31-21-10-8-19(9-11-21)18-38-24-12-13-25(38)16-23(15-24)37-28(39)17-35-29(40)26-6-1-2-7-27(26)36-22-5-3-4-20(14-22)30(32,33)34/h1-11,14,23-25,36H,12-13,15-18H2,(H,35,40)(H,37,39)/t23-,24+,25-. The number of hydrogen-bond acceptors (Lipinski definition) is 4. The number of piperidine rings is 1. The van der Waals surface area contributed by atoms with Crippen molar-refractivity contribution in [2.45, 2.75) is 56.5 Å². The second-order valence-corrected chi connectivity index (χ2v) is 10.4. The van der Waals surface area contributed by atoms with Gasteiger partial charge in [0.1, 0.15) is 5.82 Å². The van der Waals surface area contributed by atoms with Gasteiger partial charge in [-0.05, 0) is 73.7 Å². The number of nitrogens with zero attached hydrogens (tertiary/aromatic N) is 1. The molecule has 0 unspecified atom stereocenters. The van der Waals surface area contributed by atoms with Crippen LogP contribution in [0.1, 0.15) is 47.2 Å². The van der Waals surface area contributed by atoms with E-state index in [1.807, 2.05) is 0 Å². The van der Waals surface area contributed by atoms with Crippen LogP contribution in [0.4, 0.5) is 28.9 Å². The number of fused-ring (bicyclic) bond motifs is 2. The Morgan fingerprint density at radius 3 is 2.30 bits per heavy atom. The van der Waals surface area contributed by atoms with Crippen molar-refractivity contribution in [1.29, 1.82) is 0 Å². The number of carbonyl (C=O) groups excluding carboxylic acids is 2. The van der Waals surface area contributed by atoms with Crippen molar-refractivity contribution >= 4 is 23.2 Å². The first kappa shape index (κ1) is 27.6. The number of para-hydroxylation sites is 1. The fourth-order valence-electron chi connectivity index (χ4n) is 5.70. The lowest BCUT2D eigenvalue weighted by atomic mass is 9.96. The summed E-state index contributed by atoms with van der Waals surface area (Å²) in [5.74, 6) is -1.07. The topological polar surface area (TPSA) is 73.5 Å². The highest BCUT2D eigenvalue weighted by atomic mass is 19.4. The van der Waals surface area contributed by atoms with Crippen LogP contribution < -0.4 is 16.0 Å². The highest BCUT2D eigenvalue weighted by Crippen LogP contribution is 2.37. The lowest BCUT2D eigenvalue weighted by Crippen LogP contribution is -2.51. The summed E-state index contributed by atoms with van der Waals surface area (Å²) < 4.78 is 52.5. The molecule has 3 aromatic carbocycles. The van der Waals surface area contributed by atoms with Gasteiger partial charge in [-0.1, -0.05) is 30.3 Å². The fourth-order valence-corrected chi connectivity index (χ4v) is 5.70. The number of hydrogen-bond donors (Lipinski definition) is 3. The van der Waals surface area contributed by atoms with Gasteiger partial charge in [0.25, 0.3) is 5.91 Å². The summed E-state index contributed by atoms with van der Waals surface area (Å²) >= 11 is 0. The van der Waals surface area contributed by atoms with Gasteiger partial charge < -0.3 is 16.0 Å². The Morgan fingerprint density at radius 1 is 0.900 bits per heavy atom. The molecule has 2 fully saturated rings. The van der Waals surface area contributed by atoms with Crippen molar-refractivity contribution in [2.24, 2.45) is 0 Å². The van der Waals surface area contributed by atoms with E-state index in [-0.39, 0.29) is 35.6 Å². The molecule has 0 aromatic heterocycles. The van der Waals surface area contributed by atoms with E-state index in [2.05, 4.69) is 20.9 Å². The van der Waals surface area contributed by atoms with Gasteiger partial charge in [-0.25, -0.2) is 4.39 Å². The molecule has 3 N–H and O–H groups in total. The van der Waals surface area contributed by atoms with E-state index >= 15 is 0 Å². The van der Waals surface area contributed by atoms with E-state index in [1.165, 1.54) is 30.3 Å². The second-order valence-electron chi connectivity index (χ2n) is 10.4. The van der Waals surface area contributed by atoms with E-state index < -0.39 is 17.6 Å². The maximum absolute atomic E-state index is 13.3. The Kier molecular flexibility index (Phi) is 8.07. The van der Waals surface area contributed by atoms with Crippen LogP contribution in [0.3, 0.4) is 0 Å². The molecule has 2 amide bonds. The molecule has 0 radical (unpaired) electrons. The summed E-state index contributed by atoms with van der Waals surface area (Å²) in [6, 6.07) is 18.4. The van der Waals surface area contributed by atoms with Crippen molar-refractivity contribution in [3.8, 4) is 0 Å². The van der Waals surface area contributed by atoms with E-state index in [1.54, 1.807) is 30.3 Å². The third-order valence-electron chi connectivity index (χ3n) is 7.58. The summed E-state index contributed by atoms with van der Waals surface area (Å²) in [5.41, 5.74) is 0.982. The van der Waals surface area contributed by atoms with Gasteiger partial charge in [0, 0.05) is 30.4 Å². The van der Waals surface area contributed by atoms with Crippen molar-refractivity contribution in [3.05, 3.63) is 95.3 Å². The van der Waals surface area contributed by atoms with Gasteiger partial charge in [0.15, 0.2) is 0 Å². The maximum Gasteiger partial charge on any atom is 0.416 e. The molecule has 5 rings (SSSR count). The Bertz CT molecular complexity index is 1350. The number of amides is 2. The molecule has 2 aliphatic rings. The minimum absolute atomic E-state index is 0.00114. The zero-order valence-electron chi connectivity index (χ0n) is 21.7. The minimum atomic E-state index is -4.49. The van der Waals surface area contributed by atoms with Crippen LogP contribution in [0.25, 0.3) is 0 Å². The van der Waals surface area contributed by atoms with Crippen molar-refractivity contribution in [1.82, 2.24) is 15.5 Å². The molecule has 2 saturated heterocycles. The summed E-state index contributed by atoms with van der Waals surface area (Å²) in [6.45, 7) is 0.530. The Hall–Kier alpha value is -3.92. The second kappa shape index (κ2) is 11.7. The fraction of sp³-hybridized carbons (Fsp3) is 0.333. The van der Waals surface area contributed by atoms with Gasteiger partial charge in [-0.2, -0.15) is 13.2 Å². The minimum Gasteiger partial charge on any atom is -0.355 e. The SMILES string of the molecule is O=C(CNC(=O)c1ccccc1Nc1cccc(C(F)(F)F)c1)N[C@H]1C[C@H]2CC[C@@H](C1)N2Cc1ccc(F)cc1. The largest absolute Gasteiger partial charge is 0.416 e. The van der Waals surface area contributed by atoms with Crippen LogP contribution in [0, 0.1) is 5.82 Å². The van der Waals surface area contributed by atoms with Gasteiger partial charge in [0.05, 0.1) is 23.4 Å². The summed E-state index contributed by atoms with van der Waals surface area (Å²) in [7, 11) is 0. The first-order valence-electron chi connectivity index (χ1n) is 13.3. The molecule has 2 bridgehead atoms. The van der Waals surface area contributed by atoms with Crippen molar-refractivity contribution in [2.75, 3.05) is 11.9 Å². The first-order chi connectivity index (χ1) is 19.2. The van der Waals surface area contributed by atoms with E-state index in [4.69, 9.17) is 0 Å². The number of carbonyl (C=O) groups is 2. The van der Waals surface area contributed by atoms with Crippen LogP contribution in [-0.2, 0) is 17.5 Å². The molecule has 2 aliphatic heterocycles. The van der Waals surface area contributed by atoms with Crippen LogP contribution in [0.15, 0.2) is 72.8 Å². The predicted octanol–water partition coefficient (Wildman–Crippen LogP) is 5.63. The van der Waals surface area contributed by atoms with Crippen LogP contribution in [0.2, 0.25) is 0 Å². The average molecular weight is 555 g/mol. The van der Waals surface area contributed by atoms with Crippen LogP contribution >= 0.6 is 0 Å². The molecule has 40 heavy (non-hydrogen) atoms. The first-order valence-corrected chi connectivity index (χ1v) is 13.3. The molecule has 0 spiro atoms. The van der Waals surface area contributed by atoms with Gasteiger partial charge in [-0.15, -0.1) is 0 Å². The van der Waals surface area contributed by atoms with E-state index in [0.29, 0.717) is 17.8 Å². The van der Waals surface area contributed by atoms with Crippen molar-refractivity contribution < 1.29 is 27.2 Å². The molecule has 10 heteroatoms. The normalized spacial score (nSPS) is 20.6. The lowest BCUT2D eigenvalue weighted by molar-refractivity contribution is -0.137. The molecule has 0 saturated carbocycles. The number of benzene rings is 3. The lowest BCUT2D eigenvalue weighted by Gasteiger charge is -2.39. The number of alkyl halides is 3. The molecule has 6 nitrogen and oxygen atoms in total. The zero-order chi connectivity index (χ0) is 28.3. The highest BCUT2D eigenvalue weighted by Gasteiger charge is 2.41. The molecule has 2 heterocycles. The predicted molar refractivity (Wildman–Crippen MR) is 143 cm³/mol. The molecule has 210 valence electrons. The average Bonchev–Trinajstić information content (AvgIpc) is 3.15. The van der Waals surface area contributed by atoms with E-state index in [9.17, 15) is 27.2 Å². The number of nitrogens with one attached hydrogen (secondary N) is 3.